The number of benzene rings is 2. The van der Waals surface area contributed by atoms with E-state index in [1.807, 2.05) is 6.92 Å². The molecule has 1 saturated heterocycles. The third kappa shape index (κ3) is 6.77. The fourth-order valence-corrected chi connectivity index (χ4v) is 3.39. The molecular weight excluding hydrogens is 399 g/mol. The Bertz CT molecular complexity index is 828. The van der Waals surface area contributed by atoms with E-state index >= 15 is 0 Å². The number of esters is 1. The molecule has 5 nitrogen and oxygen atoms in total. The van der Waals surface area contributed by atoms with Gasteiger partial charge < -0.3 is 18.9 Å². The Morgan fingerprint density at radius 1 is 1.03 bits per heavy atom. The summed E-state index contributed by atoms with van der Waals surface area (Å²) < 4.78 is 36.5. The van der Waals surface area contributed by atoms with Gasteiger partial charge in [0, 0.05) is 17.5 Å². The van der Waals surface area contributed by atoms with Gasteiger partial charge in [-0.05, 0) is 37.1 Å². The maximum Gasteiger partial charge on any atom is 0.343 e. The first-order valence-electron chi connectivity index (χ1n) is 11.1. The lowest BCUT2D eigenvalue weighted by Crippen LogP contribution is -2.27. The van der Waals surface area contributed by atoms with Crippen LogP contribution in [0.25, 0.3) is 0 Å². The van der Waals surface area contributed by atoms with Gasteiger partial charge in [-0.25, -0.2) is 9.18 Å². The molecule has 2 aromatic rings. The van der Waals surface area contributed by atoms with Crippen LogP contribution in [-0.2, 0) is 9.47 Å². The van der Waals surface area contributed by atoms with Crippen molar-refractivity contribution in [2.75, 3.05) is 19.8 Å². The largest absolute Gasteiger partial charge is 0.493 e. The number of carbonyl (C=O) groups excluding carboxylic acids is 1. The molecule has 168 valence electrons. The summed E-state index contributed by atoms with van der Waals surface area (Å²) in [6.45, 7) is 6.01. The highest BCUT2D eigenvalue weighted by atomic mass is 19.1. The average molecular weight is 431 g/mol. The van der Waals surface area contributed by atoms with Gasteiger partial charge in [-0.15, -0.1) is 0 Å². The van der Waals surface area contributed by atoms with Gasteiger partial charge in [-0.1, -0.05) is 45.2 Å². The molecule has 1 aliphatic heterocycles. The Kier molecular flexibility index (Phi) is 8.85. The van der Waals surface area contributed by atoms with E-state index in [1.165, 1.54) is 31.4 Å². The number of hydrogen-bond acceptors (Lipinski definition) is 5. The maximum atomic E-state index is 14.2. The molecule has 1 heterocycles. The number of carbonyl (C=O) groups is 1. The first kappa shape index (κ1) is 23.2. The van der Waals surface area contributed by atoms with Crippen LogP contribution in [0.15, 0.2) is 42.5 Å². The van der Waals surface area contributed by atoms with Crippen LogP contribution >= 0.6 is 0 Å². The van der Waals surface area contributed by atoms with Gasteiger partial charge in [0.1, 0.15) is 5.75 Å². The normalized spacial score (nSPS) is 18.5. The minimum Gasteiger partial charge on any atom is -0.493 e. The molecule has 3 rings (SSSR count). The van der Waals surface area contributed by atoms with Crippen molar-refractivity contribution in [3.05, 3.63) is 59.4 Å². The second kappa shape index (κ2) is 11.8. The van der Waals surface area contributed by atoms with Gasteiger partial charge in [0.05, 0.1) is 25.4 Å². The number of rotatable bonds is 10. The monoisotopic (exact) mass is 430 g/mol. The van der Waals surface area contributed by atoms with Crippen molar-refractivity contribution in [3.63, 3.8) is 0 Å². The van der Waals surface area contributed by atoms with Crippen molar-refractivity contribution < 1.29 is 28.1 Å². The summed E-state index contributed by atoms with van der Waals surface area (Å²) >= 11 is 0. The van der Waals surface area contributed by atoms with Crippen molar-refractivity contribution in [3.8, 4) is 11.5 Å². The lowest BCUT2D eigenvalue weighted by atomic mass is 10.0. The molecule has 0 spiro atoms. The van der Waals surface area contributed by atoms with Crippen LogP contribution in [0.5, 0.6) is 11.5 Å². The molecule has 0 amide bonds. The highest BCUT2D eigenvalue weighted by Crippen LogP contribution is 2.28. The van der Waals surface area contributed by atoms with Crippen LogP contribution in [0.3, 0.4) is 0 Å². The van der Waals surface area contributed by atoms with Crippen LogP contribution < -0.4 is 9.47 Å². The molecule has 1 fully saturated rings. The zero-order chi connectivity index (χ0) is 22.1. The molecule has 0 radical (unpaired) electrons. The molecular formula is C25H31FO5. The van der Waals surface area contributed by atoms with E-state index in [9.17, 15) is 9.18 Å². The van der Waals surface area contributed by atoms with Crippen molar-refractivity contribution in [2.24, 2.45) is 5.92 Å². The number of ether oxygens (including phenoxy) is 4. The Morgan fingerprint density at radius 3 is 2.42 bits per heavy atom. The summed E-state index contributed by atoms with van der Waals surface area (Å²) in [4.78, 5) is 12.4. The van der Waals surface area contributed by atoms with Gasteiger partial charge in [0.15, 0.2) is 17.9 Å². The summed E-state index contributed by atoms with van der Waals surface area (Å²) in [7, 11) is 0. The third-order valence-corrected chi connectivity index (χ3v) is 5.18. The summed E-state index contributed by atoms with van der Waals surface area (Å²) in [5.74, 6) is -0.564. The summed E-state index contributed by atoms with van der Waals surface area (Å²) in [5.41, 5.74) is 1.16. The van der Waals surface area contributed by atoms with Crippen LogP contribution in [-0.4, -0.2) is 25.8 Å². The molecule has 6 heteroatoms. The van der Waals surface area contributed by atoms with Gasteiger partial charge in [0.25, 0.3) is 0 Å². The second-order valence-corrected chi connectivity index (χ2v) is 7.81. The predicted octanol–water partition coefficient (Wildman–Crippen LogP) is 6.08. The SMILES string of the molecule is CCCCCC1COC(c2ccc(C(=O)Oc3ccc(OCCC)cc3F)cc2)OC1. The fourth-order valence-electron chi connectivity index (χ4n) is 3.39. The lowest BCUT2D eigenvalue weighted by molar-refractivity contribution is -0.206. The molecule has 0 atom stereocenters. The van der Waals surface area contributed by atoms with E-state index in [2.05, 4.69) is 6.92 Å². The lowest BCUT2D eigenvalue weighted by Gasteiger charge is -2.29. The highest BCUT2D eigenvalue weighted by molar-refractivity contribution is 5.91. The van der Waals surface area contributed by atoms with Crippen molar-refractivity contribution in [1.29, 1.82) is 0 Å². The second-order valence-electron chi connectivity index (χ2n) is 7.81. The van der Waals surface area contributed by atoms with E-state index in [0.717, 1.165) is 18.4 Å². The zero-order valence-corrected chi connectivity index (χ0v) is 18.3. The van der Waals surface area contributed by atoms with E-state index in [4.69, 9.17) is 18.9 Å². The van der Waals surface area contributed by atoms with Crippen LogP contribution in [0.2, 0.25) is 0 Å². The van der Waals surface area contributed by atoms with Gasteiger partial charge in [0.2, 0.25) is 0 Å². The van der Waals surface area contributed by atoms with E-state index in [-0.39, 0.29) is 5.75 Å². The van der Waals surface area contributed by atoms with E-state index < -0.39 is 18.1 Å². The van der Waals surface area contributed by atoms with Crippen LogP contribution in [0, 0.1) is 11.7 Å². The highest BCUT2D eigenvalue weighted by Gasteiger charge is 2.23. The molecule has 0 unspecified atom stereocenters. The Hall–Kier alpha value is -2.44. The molecule has 31 heavy (non-hydrogen) atoms. The molecule has 0 N–H and O–H groups in total. The summed E-state index contributed by atoms with van der Waals surface area (Å²) in [6.07, 6.45) is 5.15. The standard InChI is InChI=1S/C25H31FO5/c1-3-5-6-7-18-16-29-25(30-17-18)20-10-8-19(9-11-20)24(27)31-23-13-12-21(15-22(23)26)28-14-4-2/h8-13,15,18,25H,3-7,14,16-17H2,1-2H3. The van der Waals surface area contributed by atoms with Crippen LogP contribution in [0.1, 0.15) is 68.2 Å². The molecule has 0 saturated carbocycles. The van der Waals surface area contributed by atoms with Gasteiger partial charge in [-0.2, -0.15) is 0 Å². The molecule has 1 aliphatic rings. The first-order chi connectivity index (χ1) is 15.1. The summed E-state index contributed by atoms with van der Waals surface area (Å²) in [6, 6.07) is 11.0. The molecule has 2 aromatic carbocycles. The van der Waals surface area contributed by atoms with Crippen molar-refractivity contribution >= 4 is 5.97 Å². The Labute approximate surface area is 183 Å². The number of unbranched alkanes of at least 4 members (excludes halogenated alkanes) is 2. The minimum absolute atomic E-state index is 0.133. The molecule has 0 aromatic heterocycles. The fraction of sp³-hybridized carbons (Fsp3) is 0.480. The van der Waals surface area contributed by atoms with Crippen LogP contribution in [0.4, 0.5) is 4.39 Å². The third-order valence-electron chi connectivity index (χ3n) is 5.18. The Balaban J connectivity index is 1.52. The van der Waals surface area contributed by atoms with Crippen molar-refractivity contribution in [1.82, 2.24) is 0 Å². The maximum absolute atomic E-state index is 14.2. The topological polar surface area (TPSA) is 54.0 Å². The molecule has 0 aliphatic carbocycles. The average Bonchev–Trinajstić information content (AvgIpc) is 2.80. The molecule has 0 bridgehead atoms. The number of hydrogen-bond donors (Lipinski definition) is 0. The quantitative estimate of drug-likeness (QED) is 0.260. The van der Waals surface area contributed by atoms with E-state index in [1.54, 1.807) is 30.3 Å². The van der Waals surface area contributed by atoms with Crippen molar-refractivity contribution in [2.45, 2.75) is 52.2 Å². The Morgan fingerprint density at radius 2 is 1.77 bits per heavy atom. The smallest absolute Gasteiger partial charge is 0.343 e. The van der Waals surface area contributed by atoms with Gasteiger partial charge in [-0.3, -0.25) is 0 Å². The predicted molar refractivity (Wildman–Crippen MR) is 116 cm³/mol. The zero-order valence-electron chi connectivity index (χ0n) is 18.3. The van der Waals surface area contributed by atoms with Gasteiger partial charge >= 0.3 is 5.97 Å². The number of halogens is 1. The van der Waals surface area contributed by atoms with E-state index in [0.29, 0.717) is 37.1 Å². The minimum atomic E-state index is -0.643. The summed E-state index contributed by atoms with van der Waals surface area (Å²) in [5, 5.41) is 0. The first-order valence-corrected chi connectivity index (χ1v) is 11.1.